The van der Waals surface area contributed by atoms with Crippen molar-refractivity contribution >= 4 is 31.8 Å². The van der Waals surface area contributed by atoms with Gasteiger partial charge in [-0.2, -0.15) is 5.10 Å². The molecule has 2 rings (SSSR count). The molecule has 0 atom stereocenters. The van der Waals surface area contributed by atoms with E-state index in [-0.39, 0.29) is 11.4 Å². The number of pyridine rings is 1. The molecule has 0 spiro atoms. The van der Waals surface area contributed by atoms with Crippen molar-refractivity contribution in [2.75, 3.05) is 12.4 Å². The minimum atomic E-state index is -3.67. The normalized spacial score (nSPS) is 11.6. The molecule has 0 bridgehead atoms. The molecule has 0 aliphatic rings. The van der Waals surface area contributed by atoms with Crippen molar-refractivity contribution in [3.63, 3.8) is 0 Å². The van der Waals surface area contributed by atoms with E-state index < -0.39 is 10.0 Å². The Morgan fingerprint density at radius 2 is 2.14 bits per heavy atom. The van der Waals surface area contributed by atoms with E-state index in [2.05, 4.69) is 36.1 Å². The van der Waals surface area contributed by atoms with Crippen LogP contribution >= 0.6 is 15.9 Å². The highest BCUT2D eigenvalue weighted by molar-refractivity contribution is 9.10. The van der Waals surface area contributed by atoms with Gasteiger partial charge in [-0.1, -0.05) is 0 Å². The minimum Gasteiger partial charge on any atom is -0.372 e. The van der Waals surface area contributed by atoms with Crippen LogP contribution in [0.25, 0.3) is 0 Å². The van der Waals surface area contributed by atoms with Crippen LogP contribution in [0.5, 0.6) is 0 Å². The lowest BCUT2D eigenvalue weighted by Crippen LogP contribution is -2.24. The lowest BCUT2D eigenvalue weighted by molar-refractivity contribution is 0.581. The van der Waals surface area contributed by atoms with Crippen molar-refractivity contribution in [2.24, 2.45) is 7.05 Å². The summed E-state index contributed by atoms with van der Waals surface area (Å²) in [4.78, 5) is 4.14. The predicted octanol–water partition coefficient (Wildman–Crippen LogP) is 1.41. The Hall–Kier alpha value is -1.45. The summed E-state index contributed by atoms with van der Waals surface area (Å²) in [6, 6.07) is 1.51. The second kappa shape index (κ2) is 6.12. The Morgan fingerprint density at radius 3 is 2.71 bits per heavy atom. The maximum Gasteiger partial charge on any atom is 0.244 e. The van der Waals surface area contributed by atoms with Gasteiger partial charge in [0.25, 0.3) is 0 Å². The Morgan fingerprint density at radius 1 is 1.43 bits per heavy atom. The van der Waals surface area contributed by atoms with Gasteiger partial charge in [-0.05, 0) is 28.9 Å². The monoisotopic (exact) mass is 373 g/mol. The number of aromatic nitrogens is 3. The molecule has 0 radical (unpaired) electrons. The van der Waals surface area contributed by atoms with Gasteiger partial charge in [0.05, 0.1) is 5.69 Å². The summed E-state index contributed by atoms with van der Waals surface area (Å²) in [5, 5.41) is 6.96. The zero-order chi connectivity index (χ0) is 15.6. The Labute approximate surface area is 132 Å². The van der Waals surface area contributed by atoms with Crippen molar-refractivity contribution < 1.29 is 8.42 Å². The van der Waals surface area contributed by atoms with E-state index in [1.54, 1.807) is 25.0 Å². The molecular formula is C12H16BrN5O2S. The average molecular weight is 374 g/mol. The lowest BCUT2D eigenvalue weighted by Gasteiger charge is -2.10. The number of hydrogen-bond donors (Lipinski definition) is 2. The quantitative estimate of drug-likeness (QED) is 0.826. The number of rotatable bonds is 5. The molecule has 7 nitrogen and oxygen atoms in total. The molecular weight excluding hydrogens is 358 g/mol. The third-order valence-corrected chi connectivity index (χ3v) is 4.76. The van der Waals surface area contributed by atoms with Gasteiger partial charge in [0, 0.05) is 43.1 Å². The van der Waals surface area contributed by atoms with Crippen LogP contribution in [-0.4, -0.2) is 30.2 Å². The molecule has 0 saturated heterocycles. The molecule has 0 aliphatic carbocycles. The zero-order valence-electron chi connectivity index (χ0n) is 11.9. The van der Waals surface area contributed by atoms with E-state index >= 15 is 0 Å². The van der Waals surface area contributed by atoms with Crippen molar-refractivity contribution in [3.8, 4) is 0 Å². The topological polar surface area (TPSA) is 88.9 Å². The second-order valence-electron chi connectivity index (χ2n) is 4.49. The molecule has 0 saturated carbocycles. The van der Waals surface area contributed by atoms with E-state index in [4.69, 9.17) is 0 Å². The minimum absolute atomic E-state index is 0.0981. The summed E-state index contributed by atoms with van der Waals surface area (Å²) in [5.41, 5.74) is 1.62. The average Bonchev–Trinajstić information content (AvgIpc) is 2.75. The molecule has 2 N–H and O–H groups in total. The summed E-state index contributed by atoms with van der Waals surface area (Å²) >= 11 is 3.23. The summed E-state index contributed by atoms with van der Waals surface area (Å²) in [7, 11) is -0.254. The highest BCUT2D eigenvalue weighted by atomic mass is 79.9. The first-order valence-corrected chi connectivity index (χ1v) is 8.43. The van der Waals surface area contributed by atoms with Gasteiger partial charge in [0.2, 0.25) is 10.0 Å². The van der Waals surface area contributed by atoms with Crippen LogP contribution in [0.4, 0.5) is 5.82 Å². The maximum absolute atomic E-state index is 12.4. The SMILES string of the molecule is CNc1ncc(Br)cc1S(=O)(=O)NCc1cn(C)nc1C. The fourth-order valence-corrected chi connectivity index (χ4v) is 3.56. The number of hydrogen-bond acceptors (Lipinski definition) is 5. The molecule has 2 aromatic heterocycles. The van der Waals surface area contributed by atoms with Crippen LogP contribution in [0.1, 0.15) is 11.3 Å². The predicted molar refractivity (Wildman–Crippen MR) is 83.5 cm³/mol. The summed E-state index contributed by atoms with van der Waals surface area (Å²) in [6.45, 7) is 2.01. The zero-order valence-corrected chi connectivity index (χ0v) is 14.3. The van der Waals surface area contributed by atoms with Gasteiger partial charge in [-0.15, -0.1) is 0 Å². The van der Waals surface area contributed by atoms with Gasteiger partial charge in [0.15, 0.2) is 0 Å². The first-order chi connectivity index (χ1) is 9.83. The standard InChI is InChI=1S/C12H16BrN5O2S/c1-8-9(7-18(3)17-8)5-16-21(19,20)11-4-10(13)6-15-12(11)14-2/h4,6-7,16H,5H2,1-3H3,(H,14,15). The van der Waals surface area contributed by atoms with E-state index in [0.717, 1.165) is 11.3 Å². The second-order valence-corrected chi connectivity index (χ2v) is 7.14. The molecule has 0 unspecified atom stereocenters. The molecule has 0 aromatic carbocycles. The largest absolute Gasteiger partial charge is 0.372 e. The Bertz CT molecular complexity index is 757. The number of nitrogens with one attached hydrogen (secondary N) is 2. The van der Waals surface area contributed by atoms with Crippen molar-refractivity contribution in [1.29, 1.82) is 0 Å². The molecule has 2 heterocycles. The highest BCUT2D eigenvalue weighted by Gasteiger charge is 2.20. The highest BCUT2D eigenvalue weighted by Crippen LogP contribution is 2.22. The molecule has 9 heteroatoms. The number of anilines is 1. The van der Waals surface area contributed by atoms with Crippen LogP contribution in [-0.2, 0) is 23.6 Å². The van der Waals surface area contributed by atoms with Gasteiger partial charge >= 0.3 is 0 Å². The summed E-state index contributed by atoms with van der Waals surface area (Å²) in [6.07, 6.45) is 3.33. The smallest absolute Gasteiger partial charge is 0.244 e. The Balaban J connectivity index is 2.26. The van der Waals surface area contributed by atoms with Crippen LogP contribution in [0.2, 0.25) is 0 Å². The summed E-state index contributed by atoms with van der Waals surface area (Å²) < 4.78 is 29.6. The van der Waals surface area contributed by atoms with E-state index in [0.29, 0.717) is 10.3 Å². The van der Waals surface area contributed by atoms with Crippen LogP contribution in [0.3, 0.4) is 0 Å². The molecule has 2 aromatic rings. The first kappa shape index (κ1) is 15.9. The van der Waals surface area contributed by atoms with Gasteiger partial charge < -0.3 is 5.32 Å². The summed E-state index contributed by atoms with van der Waals surface area (Å²) in [5.74, 6) is 0.300. The molecule has 114 valence electrons. The lowest BCUT2D eigenvalue weighted by atomic mass is 10.3. The molecule has 21 heavy (non-hydrogen) atoms. The van der Waals surface area contributed by atoms with E-state index in [9.17, 15) is 8.42 Å². The third kappa shape index (κ3) is 3.60. The van der Waals surface area contributed by atoms with Crippen LogP contribution in [0, 0.1) is 6.92 Å². The van der Waals surface area contributed by atoms with Crippen molar-refractivity contribution in [1.82, 2.24) is 19.5 Å². The van der Waals surface area contributed by atoms with Gasteiger partial charge in [-0.3, -0.25) is 4.68 Å². The van der Waals surface area contributed by atoms with E-state index in [1.165, 1.54) is 12.3 Å². The Kier molecular flexibility index (Phi) is 4.64. The van der Waals surface area contributed by atoms with Crippen molar-refractivity contribution in [3.05, 3.63) is 34.2 Å². The number of aryl methyl sites for hydroxylation is 2. The number of nitrogens with zero attached hydrogens (tertiary/aromatic N) is 3. The molecule has 0 amide bonds. The van der Waals surface area contributed by atoms with Crippen LogP contribution in [0.15, 0.2) is 27.8 Å². The number of sulfonamides is 1. The van der Waals surface area contributed by atoms with Crippen LogP contribution < -0.4 is 10.0 Å². The fraction of sp³-hybridized carbons (Fsp3) is 0.333. The maximum atomic E-state index is 12.4. The van der Waals surface area contributed by atoms with E-state index in [1.807, 2.05) is 6.92 Å². The number of halogens is 1. The van der Waals surface area contributed by atoms with Gasteiger partial charge in [-0.25, -0.2) is 18.1 Å². The van der Waals surface area contributed by atoms with Crippen molar-refractivity contribution in [2.45, 2.75) is 18.4 Å². The molecule has 0 aliphatic heterocycles. The fourth-order valence-electron chi connectivity index (χ4n) is 1.89. The molecule has 0 fully saturated rings. The van der Waals surface area contributed by atoms with Gasteiger partial charge in [0.1, 0.15) is 10.7 Å². The first-order valence-electron chi connectivity index (χ1n) is 6.15. The third-order valence-electron chi connectivity index (χ3n) is 2.91.